The molecular formula is C24H27N5O3. The van der Waals surface area contributed by atoms with Crippen molar-refractivity contribution >= 4 is 5.91 Å². The zero-order valence-electron chi connectivity index (χ0n) is 18.4. The number of carbonyl (C=O) groups is 1. The van der Waals surface area contributed by atoms with E-state index in [1.165, 1.54) is 15.4 Å². The van der Waals surface area contributed by atoms with Crippen LogP contribution in [-0.2, 0) is 24.2 Å². The van der Waals surface area contributed by atoms with Crippen molar-refractivity contribution in [3.63, 3.8) is 0 Å². The van der Waals surface area contributed by atoms with Crippen LogP contribution >= 0.6 is 0 Å². The molecule has 2 heterocycles. The normalized spacial score (nSPS) is 13.9. The van der Waals surface area contributed by atoms with Crippen LogP contribution in [0, 0.1) is 6.92 Å². The summed E-state index contributed by atoms with van der Waals surface area (Å²) < 4.78 is 2.59. The van der Waals surface area contributed by atoms with Gasteiger partial charge in [-0.3, -0.25) is 14.4 Å². The summed E-state index contributed by atoms with van der Waals surface area (Å²) in [5.41, 5.74) is 4.12. The van der Waals surface area contributed by atoms with Gasteiger partial charge in [0.25, 0.3) is 11.1 Å². The lowest BCUT2D eigenvalue weighted by atomic mass is 9.97. The number of aromatic nitrogens is 4. The number of aryl methyl sites for hydroxylation is 3. The van der Waals surface area contributed by atoms with Crippen LogP contribution in [0.25, 0.3) is 11.3 Å². The summed E-state index contributed by atoms with van der Waals surface area (Å²) in [7, 11) is 0. The van der Waals surface area contributed by atoms with E-state index in [1.54, 1.807) is 19.1 Å². The molecule has 0 aliphatic heterocycles. The number of hydrogen-bond donors (Lipinski definition) is 1. The summed E-state index contributed by atoms with van der Waals surface area (Å²) in [5, 5.41) is 11.7. The molecule has 2 aromatic heterocycles. The SMILES string of the molecule is Cc1ccc(-c2ccc(=O)n([C@H](C)C(=O)NCCn3nc4c(cc3=O)CCCC4)n2)cc1. The third-order valence-electron chi connectivity index (χ3n) is 5.82. The maximum Gasteiger partial charge on any atom is 0.267 e. The van der Waals surface area contributed by atoms with Gasteiger partial charge in [0.1, 0.15) is 6.04 Å². The smallest absolute Gasteiger partial charge is 0.267 e. The first-order chi connectivity index (χ1) is 15.4. The average Bonchev–Trinajstić information content (AvgIpc) is 2.80. The van der Waals surface area contributed by atoms with Crippen LogP contribution in [0.2, 0.25) is 0 Å². The fourth-order valence-corrected chi connectivity index (χ4v) is 3.89. The molecule has 8 nitrogen and oxygen atoms in total. The van der Waals surface area contributed by atoms with E-state index in [0.29, 0.717) is 5.69 Å². The van der Waals surface area contributed by atoms with Gasteiger partial charge in [-0.2, -0.15) is 10.2 Å². The molecule has 0 radical (unpaired) electrons. The third-order valence-corrected chi connectivity index (χ3v) is 5.82. The fourth-order valence-electron chi connectivity index (χ4n) is 3.89. The summed E-state index contributed by atoms with van der Waals surface area (Å²) in [6, 6.07) is 11.7. The molecule has 0 saturated carbocycles. The van der Waals surface area contributed by atoms with E-state index in [1.807, 2.05) is 31.2 Å². The van der Waals surface area contributed by atoms with Gasteiger partial charge in [0.05, 0.1) is 17.9 Å². The van der Waals surface area contributed by atoms with Crippen LogP contribution < -0.4 is 16.4 Å². The maximum atomic E-state index is 12.7. The molecule has 3 aromatic rings. The molecule has 1 aromatic carbocycles. The van der Waals surface area contributed by atoms with Gasteiger partial charge < -0.3 is 5.32 Å². The number of nitrogens with zero attached hydrogens (tertiary/aromatic N) is 4. The summed E-state index contributed by atoms with van der Waals surface area (Å²) >= 11 is 0. The minimum atomic E-state index is -0.791. The molecule has 32 heavy (non-hydrogen) atoms. The van der Waals surface area contributed by atoms with Crippen molar-refractivity contribution in [2.24, 2.45) is 0 Å². The highest BCUT2D eigenvalue weighted by atomic mass is 16.2. The van der Waals surface area contributed by atoms with Crippen molar-refractivity contribution in [1.82, 2.24) is 24.9 Å². The molecule has 1 N–H and O–H groups in total. The highest BCUT2D eigenvalue weighted by Crippen LogP contribution is 2.17. The third kappa shape index (κ3) is 4.69. The van der Waals surface area contributed by atoms with Crippen LogP contribution in [0.5, 0.6) is 0 Å². The van der Waals surface area contributed by atoms with E-state index in [2.05, 4.69) is 15.5 Å². The average molecular weight is 434 g/mol. The van der Waals surface area contributed by atoms with Crippen molar-refractivity contribution in [2.75, 3.05) is 6.54 Å². The molecule has 0 spiro atoms. The molecular weight excluding hydrogens is 406 g/mol. The Kier molecular flexibility index (Phi) is 6.30. The predicted molar refractivity (Wildman–Crippen MR) is 122 cm³/mol. The number of nitrogens with one attached hydrogen (secondary N) is 1. The lowest BCUT2D eigenvalue weighted by Gasteiger charge is -2.17. The Hall–Kier alpha value is -3.55. The second kappa shape index (κ2) is 9.30. The summed E-state index contributed by atoms with van der Waals surface area (Å²) in [5.74, 6) is -0.341. The quantitative estimate of drug-likeness (QED) is 0.641. The molecule has 1 atom stereocenters. The largest absolute Gasteiger partial charge is 0.352 e. The highest BCUT2D eigenvalue weighted by Gasteiger charge is 2.18. The first kappa shape index (κ1) is 21.7. The van der Waals surface area contributed by atoms with Crippen LogP contribution in [-0.4, -0.2) is 32.0 Å². The molecule has 0 fully saturated rings. The van der Waals surface area contributed by atoms with E-state index >= 15 is 0 Å². The zero-order valence-corrected chi connectivity index (χ0v) is 18.4. The summed E-state index contributed by atoms with van der Waals surface area (Å²) in [6.07, 6.45) is 3.95. The predicted octanol–water partition coefficient (Wildman–Crippen LogP) is 2.03. The van der Waals surface area contributed by atoms with Gasteiger partial charge >= 0.3 is 0 Å². The van der Waals surface area contributed by atoms with Gasteiger partial charge in [-0.05, 0) is 51.2 Å². The first-order valence-corrected chi connectivity index (χ1v) is 11.0. The Bertz CT molecular complexity index is 1240. The van der Waals surface area contributed by atoms with E-state index in [9.17, 15) is 14.4 Å². The van der Waals surface area contributed by atoms with Crippen molar-refractivity contribution in [2.45, 2.75) is 52.1 Å². The second-order valence-electron chi connectivity index (χ2n) is 8.22. The Morgan fingerprint density at radius 3 is 2.56 bits per heavy atom. The molecule has 0 unspecified atom stereocenters. The van der Waals surface area contributed by atoms with Gasteiger partial charge in [-0.25, -0.2) is 9.36 Å². The van der Waals surface area contributed by atoms with Gasteiger partial charge in [0.2, 0.25) is 5.91 Å². The second-order valence-corrected chi connectivity index (χ2v) is 8.22. The molecule has 8 heteroatoms. The van der Waals surface area contributed by atoms with Gasteiger partial charge in [-0.15, -0.1) is 0 Å². The standard InChI is InChI=1S/C24H27N5O3/c1-16-7-9-18(10-8-16)21-11-12-22(30)29(27-21)17(2)24(32)25-13-14-28-23(31)15-19-5-3-4-6-20(19)26-28/h7-12,15,17H,3-6,13-14H2,1-2H3,(H,25,32)/t17-/m1/s1. The maximum absolute atomic E-state index is 12.7. The molecule has 166 valence electrons. The molecule has 1 amide bonds. The summed E-state index contributed by atoms with van der Waals surface area (Å²) in [6.45, 7) is 4.14. The Labute approximate surface area is 185 Å². The van der Waals surface area contributed by atoms with Crippen LogP contribution in [0.1, 0.15) is 42.6 Å². The minimum Gasteiger partial charge on any atom is -0.352 e. The topological polar surface area (TPSA) is 98.9 Å². The van der Waals surface area contributed by atoms with Crippen LogP contribution in [0.4, 0.5) is 0 Å². The molecule has 1 aliphatic rings. The van der Waals surface area contributed by atoms with E-state index in [0.717, 1.165) is 48.1 Å². The number of carbonyl (C=O) groups excluding carboxylic acids is 1. The number of hydrogen-bond acceptors (Lipinski definition) is 5. The van der Waals surface area contributed by atoms with Crippen molar-refractivity contribution in [3.05, 3.63) is 80.0 Å². The Balaban J connectivity index is 1.43. The van der Waals surface area contributed by atoms with Crippen LogP contribution in [0.15, 0.2) is 52.1 Å². The lowest BCUT2D eigenvalue weighted by molar-refractivity contribution is -0.124. The Morgan fingerprint density at radius 2 is 1.78 bits per heavy atom. The number of benzene rings is 1. The number of amides is 1. The van der Waals surface area contributed by atoms with Crippen molar-refractivity contribution < 1.29 is 4.79 Å². The van der Waals surface area contributed by atoms with Gasteiger partial charge in [0.15, 0.2) is 0 Å². The number of rotatable bonds is 6. The monoisotopic (exact) mass is 433 g/mol. The molecule has 1 aliphatic carbocycles. The van der Waals surface area contributed by atoms with Crippen molar-refractivity contribution in [1.29, 1.82) is 0 Å². The van der Waals surface area contributed by atoms with E-state index in [-0.39, 0.29) is 30.1 Å². The van der Waals surface area contributed by atoms with E-state index in [4.69, 9.17) is 0 Å². The lowest BCUT2D eigenvalue weighted by Crippen LogP contribution is -2.39. The highest BCUT2D eigenvalue weighted by molar-refractivity contribution is 5.79. The molecule has 4 rings (SSSR count). The fraction of sp³-hybridized carbons (Fsp3) is 0.375. The molecule has 0 bridgehead atoms. The number of fused-ring (bicyclic) bond motifs is 1. The molecule has 0 saturated heterocycles. The minimum absolute atomic E-state index is 0.156. The van der Waals surface area contributed by atoms with Crippen LogP contribution in [0.3, 0.4) is 0 Å². The summed E-state index contributed by atoms with van der Waals surface area (Å²) in [4.78, 5) is 37.3. The van der Waals surface area contributed by atoms with Gasteiger partial charge in [0, 0.05) is 24.2 Å². The van der Waals surface area contributed by atoms with Gasteiger partial charge in [-0.1, -0.05) is 29.8 Å². The zero-order chi connectivity index (χ0) is 22.7. The van der Waals surface area contributed by atoms with E-state index < -0.39 is 6.04 Å². The van der Waals surface area contributed by atoms with Crippen molar-refractivity contribution in [3.8, 4) is 11.3 Å². The Morgan fingerprint density at radius 1 is 1.03 bits per heavy atom. The first-order valence-electron chi connectivity index (χ1n) is 11.0.